The summed E-state index contributed by atoms with van der Waals surface area (Å²) in [4.78, 5) is 18.3. The second-order valence-electron chi connectivity index (χ2n) is 2.33. The Morgan fingerprint density at radius 3 is 3.08 bits per heavy atom. The normalized spacial score (nSPS) is 9.92. The van der Waals surface area contributed by atoms with Crippen LogP contribution in [0.25, 0.3) is 0 Å². The Balaban J connectivity index is 2.84. The maximum absolute atomic E-state index is 10.7. The number of aromatic carboxylic acids is 1. The molecule has 4 nitrogen and oxygen atoms in total. The van der Waals surface area contributed by atoms with Crippen molar-refractivity contribution in [1.82, 2.24) is 9.97 Å². The van der Waals surface area contributed by atoms with Gasteiger partial charge < -0.3 is 5.11 Å². The van der Waals surface area contributed by atoms with Crippen LogP contribution in [-0.4, -0.2) is 26.8 Å². The van der Waals surface area contributed by atoms with E-state index in [-0.39, 0.29) is 5.56 Å². The highest BCUT2D eigenvalue weighted by molar-refractivity contribution is 7.98. The molecule has 13 heavy (non-hydrogen) atoms. The molecule has 1 aromatic heterocycles. The van der Waals surface area contributed by atoms with Crippen molar-refractivity contribution in [3.05, 3.63) is 23.8 Å². The molecule has 0 aliphatic carbocycles. The van der Waals surface area contributed by atoms with E-state index in [4.69, 9.17) is 5.11 Å². The van der Waals surface area contributed by atoms with Gasteiger partial charge in [0.15, 0.2) is 0 Å². The summed E-state index contributed by atoms with van der Waals surface area (Å²) in [7, 11) is 0. The summed E-state index contributed by atoms with van der Waals surface area (Å²) >= 11 is 1.64. The molecular formula is C8H10N2O2S. The van der Waals surface area contributed by atoms with Gasteiger partial charge in [-0.3, -0.25) is 0 Å². The van der Waals surface area contributed by atoms with Gasteiger partial charge in [-0.25, -0.2) is 14.8 Å². The molecule has 0 spiro atoms. The van der Waals surface area contributed by atoms with Crippen LogP contribution in [0.2, 0.25) is 0 Å². The first kappa shape index (κ1) is 9.98. The highest BCUT2D eigenvalue weighted by atomic mass is 32.2. The summed E-state index contributed by atoms with van der Waals surface area (Å²) in [5.41, 5.74) is 0.790. The van der Waals surface area contributed by atoms with Crippen LogP contribution < -0.4 is 0 Å². The van der Waals surface area contributed by atoms with Crippen LogP contribution in [-0.2, 0) is 5.75 Å². The minimum absolute atomic E-state index is 0.198. The van der Waals surface area contributed by atoms with Crippen molar-refractivity contribution in [1.29, 1.82) is 0 Å². The summed E-state index contributed by atoms with van der Waals surface area (Å²) in [5, 5.41) is 8.78. The van der Waals surface area contributed by atoms with Gasteiger partial charge in [-0.05, 0) is 5.75 Å². The molecule has 0 aliphatic rings. The van der Waals surface area contributed by atoms with Crippen LogP contribution in [0.5, 0.6) is 0 Å². The van der Waals surface area contributed by atoms with Crippen molar-refractivity contribution in [3.8, 4) is 0 Å². The number of nitrogens with zero attached hydrogens (tertiary/aromatic N) is 2. The van der Waals surface area contributed by atoms with Crippen LogP contribution >= 0.6 is 11.8 Å². The second kappa shape index (κ2) is 4.81. The van der Waals surface area contributed by atoms with Gasteiger partial charge >= 0.3 is 5.97 Å². The molecule has 0 bridgehead atoms. The smallest absolute Gasteiger partial charge is 0.339 e. The molecule has 0 unspecified atom stereocenters. The van der Waals surface area contributed by atoms with Crippen LogP contribution in [0.1, 0.15) is 23.0 Å². The van der Waals surface area contributed by atoms with E-state index < -0.39 is 5.97 Å². The Morgan fingerprint density at radius 1 is 1.69 bits per heavy atom. The predicted octanol–water partition coefficient (Wildman–Crippen LogP) is 1.43. The van der Waals surface area contributed by atoms with Crippen molar-refractivity contribution in [2.24, 2.45) is 0 Å². The first-order chi connectivity index (χ1) is 6.25. The van der Waals surface area contributed by atoms with Crippen molar-refractivity contribution in [2.45, 2.75) is 12.7 Å². The quantitative estimate of drug-likeness (QED) is 0.792. The lowest BCUT2D eigenvalue weighted by atomic mass is 10.2. The Hall–Kier alpha value is -1.10. The fourth-order valence-corrected chi connectivity index (χ4v) is 1.47. The second-order valence-corrected chi connectivity index (χ2v) is 3.60. The first-order valence-corrected chi connectivity index (χ1v) is 5.01. The SMILES string of the molecule is CCSCc1ncncc1C(=O)O. The molecule has 0 aromatic carbocycles. The third-order valence-electron chi connectivity index (χ3n) is 1.47. The van der Waals surface area contributed by atoms with E-state index >= 15 is 0 Å². The summed E-state index contributed by atoms with van der Waals surface area (Å²) in [5.74, 6) is 0.608. The Kier molecular flexibility index (Phi) is 3.70. The fourth-order valence-electron chi connectivity index (χ4n) is 0.847. The molecular weight excluding hydrogens is 188 g/mol. The third kappa shape index (κ3) is 2.69. The summed E-state index contributed by atoms with van der Waals surface area (Å²) in [6.07, 6.45) is 2.71. The van der Waals surface area contributed by atoms with E-state index in [1.165, 1.54) is 12.5 Å². The van der Waals surface area contributed by atoms with Gasteiger partial charge in [0.25, 0.3) is 0 Å². The predicted molar refractivity (Wildman–Crippen MR) is 50.8 cm³/mol. The van der Waals surface area contributed by atoms with E-state index in [0.29, 0.717) is 11.4 Å². The van der Waals surface area contributed by atoms with Gasteiger partial charge in [-0.2, -0.15) is 11.8 Å². The summed E-state index contributed by atoms with van der Waals surface area (Å²) < 4.78 is 0. The molecule has 1 aromatic rings. The van der Waals surface area contributed by atoms with E-state index in [2.05, 4.69) is 9.97 Å². The van der Waals surface area contributed by atoms with Gasteiger partial charge in [0.1, 0.15) is 11.9 Å². The highest BCUT2D eigenvalue weighted by Crippen LogP contribution is 2.12. The van der Waals surface area contributed by atoms with Crippen molar-refractivity contribution in [3.63, 3.8) is 0 Å². The number of thioether (sulfide) groups is 1. The average molecular weight is 198 g/mol. The Morgan fingerprint density at radius 2 is 2.46 bits per heavy atom. The number of hydrogen-bond acceptors (Lipinski definition) is 4. The summed E-state index contributed by atoms with van der Waals surface area (Å²) in [6.45, 7) is 2.02. The van der Waals surface area contributed by atoms with Crippen molar-refractivity contribution in [2.75, 3.05) is 5.75 Å². The number of carbonyl (C=O) groups is 1. The van der Waals surface area contributed by atoms with Gasteiger partial charge in [0.05, 0.1) is 5.69 Å². The minimum atomic E-state index is -0.965. The molecule has 0 amide bonds. The number of hydrogen-bond donors (Lipinski definition) is 1. The van der Waals surface area contributed by atoms with Crippen LogP contribution in [0.3, 0.4) is 0 Å². The molecule has 1 heterocycles. The highest BCUT2D eigenvalue weighted by Gasteiger charge is 2.10. The maximum Gasteiger partial charge on any atom is 0.339 e. The largest absolute Gasteiger partial charge is 0.478 e. The summed E-state index contributed by atoms with van der Waals surface area (Å²) in [6, 6.07) is 0. The average Bonchev–Trinajstić information content (AvgIpc) is 2.15. The van der Waals surface area contributed by atoms with E-state index in [9.17, 15) is 4.79 Å². The standard InChI is InChI=1S/C8H10N2O2S/c1-2-13-4-7-6(8(11)12)3-9-5-10-7/h3,5H,2,4H2,1H3,(H,11,12). The lowest BCUT2D eigenvalue weighted by Gasteiger charge is -2.01. The van der Waals surface area contributed by atoms with Gasteiger partial charge in [-0.15, -0.1) is 0 Å². The third-order valence-corrected chi connectivity index (χ3v) is 2.35. The molecule has 1 N–H and O–H groups in total. The molecule has 0 saturated heterocycles. The van der Waals surface area contributed by atoms with Crippen LogP contribution in [0.15, 0.2) is 12.5 Å². The molecule has 1 rings (SSSR count). The minimum Gasteiger partial charge on any atom is -0.478 e. The molecule has 0 atom stereocenters. The Bertz CT molecular complexity index is 304. The Labute approximate surface area is 80.4 Å². The molecule has 0 saturated carbocycles. The number of aromatic nitrogens is 2. The number of rotatable bonds is 4. The monoisotopic (exact) mass is 198 g/mol. The van der Waals surface area contributed by atoms with E-state index in [1.807, 2.05) is 6.92 Å². The van der Waals surface area contributed by atoms with Gasteiger partial charge in [0.2, 0.25) is 0 Å². The molecule has 0 fully saturated rings. The zero-order valence-electron chi connectivity index (χ0n) is 7.23. The molecule has 5 heteroatoms. The number of carboxylic acids is 1. The molecule has 0 radical (unpaired) electrons. The van der Waals surface area contributed by atoms with Gasteiger partial charge in [-0.1, -0.05) is 6.92 Å². The van der Waals surface area contributed by atoms with Crippen molar-refractivity contribution >= 4 is 17.7 Å². The lowest BCUT2D eigenvalue weighted by Crippen LogP contribution is -2.04. The lowest BCUT2D eigenvalue weighted by molar-refractivity contribution is 0.0695. The van der Waals surface area contributed by atoms with Crippen LogP contribution in [0, 0.1) is 0 Å². The fraction of sp³-hybridized carbons (Fsp3) is 0.375. The zero-order valence-corrected chi connectivity index (χ0v) is 8.04. The van der Waals surface area contributed by atoms with E-state index in [1.54, 1.807) is 11.8 Å². The van der Waals surface area contributed by atoms with Crippen LogP contribution in [0.4, 0.5) is 0 Å². The van der Waals surface area contributed by atoms with Crippen molar-refractivity contribution < 1.29 is 9.90 Å². The number of carboxylic acid groups (broad SMARTS) is 1. The maximum atomic E-state index is 10.7. The zero-order chi connectivity index (χ0) is 9.68. The van der Waals surface area contributed by atoms with E-state index in [0.717, 1.165) is 5.75 Å². The molecule has 0 aliphatic heterocycles. The first-order valence-electron chi connectivity index (χ1n) is 3.85. The van der Waals surface area contributed by atoms with Gasteiger partial charge in [0, 0.05) is 11.9 Å². The topological polar surface area (TPSA) is 63.1 Å². The molecule has 70 valence electrons.